The van der Waals surface area contributed by atoms with Crippen LogP contribution in [0.1, 0.15) is 37.5 Å². The molecule has 0 aliphatic carbocycles. The predicted molar refractivity (Wildman–Crippen MR) is 72.3 cm³/mol. The highest BCUT2D eigenvalue weighted by atomic mass is 16.6. The summed E-state index contributed by atoms with van der Waals surface area (Å²) in [5.41, 5.74) is 1.86. The lowest BCUT2D eigenvalue weighted by Gasteiger charge is -2.17. The summed E-state index contributed by atoms with van der Waals surface area (Å²) in [6.07, 6.45) is 1.77. The Morgan fingerprint density at radius 3 is 2.32 bits per heavy atom. The molecule has 1 aromatic rings. The van der Waals surface area contributed by atoms with Gasteiger partial charge in [-0.05, 0) is 11.1 Å². The highest BCUT2D eigenvalue weighted by Gasteiger charge is 2.15. The van der Waals surface area contributed by atoms with Gasteiger partial charge in [0.15, 0.2) is 0 Å². The lowest BCUT2D eigenvalue weighted by atomic mass is 10.0. The molecule has 0 aromatic heterocycles. The summed E-state index contributed by atoms with van der Waals surface area (Å²) in [5, 5.41) is 0. The molecule has 1 aromatic carbocycles. The van der Waals surface area contributed by atoms with Gasteiger partial charge in [-0.3, -0.25) is 9.59 Å². The Hall–Kier alpha value is -2.10. The molecule has 0 saturated carbocycles. The van der Waals surface area contributed by atoms with Crippen LogP contribution in [0.15, 0.2) is 30.8 Å². The zero-order chi connectivity index (χ0) is 14.3. The van der Waals surface area contributed by atoms with Crippen LogP contribution in [0, 0.1) is 0 Å². The molecule has 0 spiro atoms. The maximum absolute atomic E-state index is 11.1. The molecule has 19 heavy (non-hydrogen) atoms. The number of hydrogen-bond acceptors (Lipinski definition) is 4. The Morgan fingerprint density at radius 1 is 1.21 bits per heavy atom. The van der Waals surface area contributed by atoms with E-state index in [9.17, 15) is 9.59 Å². The van der Waals surface area contributed by atoms with Gasteiger partial charge < -0.3 is 9.47 Å². The first-order valence-corrected chi connectivity index (χ1v) is 6.06. The van der Waals surface area contributed by atoms with E-state index in [1.807, 2.05) is 24.3 Å². The summed E-state index contributed by atoms with van der Waals surface area (Å²) >= 11 is 0. The number of carbonyl (C=O) groups excluding carboxylic acids is 2. The minimum Gasteiger partial charge on any atom is -0.466 e. The van der Waals surface area contributed by atoms with Crippen LogP contribution in [0.2, 0.25) is 0 Å². The smallest absolute Gasteiger partial charge is 0.303 e. The molecule has 0 radical (unpaired) electrons. The Kier molecular flexibility index (Phi) is 5.79. The third-order valence-corrected chi connectivity index (χ3v) is 2.54. The number of carbonyl (C=O) groups is 2. The van der Waals surface area contributed by atoms with Crippen molar-refractivity contribution >= 4 is 18.0 Å². The van der Waals surface area contributed by atoms with Crippen LogP contribution >= 0.6 is 0 Å². The topological polar surface area (TPSA) is 52.6 Å². The van der Waals surface area contributed by atoms with Crippen LogP contribution in [-0.2, 0) is 19.1 Å². The Morgan fingerprint density at radius 2 is 1.84 bits per heavy atom. The van der Waals surface area contributed by atoms with E-state index in [-0.39, 0.29) is 18.5 Å². The number of benzene rings is 1. The van der Waals surface area contributed by atoms with E-state index >= 15 is 0 Å². The average molecular weight is 262 g/mol. The summed E-state index contributed by atoms with van der Waals surface area (Å²) < 4.78 is 10.1. The van der Waals surface area contributed by atoms with E-state index < -0.39 is 6.10 Å². The molecule has 0 saturated heterocycles. The highest BCUT2D eigenvalue weighted by molar-refractivity contribution is 5.66. The maximum atomic E-state index is 11.1. The summed E-state index contributed by atoms with van der Waals surface area (Å²) in [6.45, 7) is 6.60. The molecule has 1 atom stereocenters. The van der Waals surface area contributed by atoms with E-state index in [0.29, 0.717) is 6.42 Å². The van der Waals surface area contributed by atoms with Crippen molar-refractivity contribution in [2.75, 3.05) is 6.61 Å². The predicted octanol–water partition coefficient (Wildman–Crippen LogP) is 2.89. The molecule has 0 bridgehead atoms. The first kappa shape index (κ1) is 15.0. The highest BCUT2D eigenvalue weighted by Crippen LogP contribution is 2.22. The number of ether oxygens (including phenoxy) is 2. The van der Waals surface area contributed by atoms with Crippen LogP contribution in [-0.4, -0.2) is 18.5 Å². The number of rotatable bonds is 6. The van der Waals surface area contributed by atoms with Crippen LogP contribution in [0.25, 0.3) is 6.08 Å². The number of hydrogen-bond donors (Lipinski definition) is 0. The molecule has 102 valence electrons. The third-order valence-electron chi connectivity index (χ3n) is 2.54. The zero-order valence-electron chi connectivity index (χ0n) is 11.2. The Labute approximate surface area is 113 Å². The molecule has 0 aliphatic heterocycles. The van der Waals surface area contributed by atoms with Crippen molar-refractivity contribution in [3.63, 3.8) is 0 Å². The molecule has 1 rings (SSSR count). The van der Waals surface area contributed by atoms with Gasteiger partial charge in [-0.15, -0.1) is 0 Å². The van der Waals surface area contributed by atoms with Crippen LogP contribution in [0.4, 0.5) is 0 Å². The quantitative estimate of drug-likeness (QED) is 0.740. The molecule has 0 heterocycles. The summed E-state index contributed by atoms with van der Waals surface area (Å²) in [6, 6.07) is 7.53. The molecule has 4 heteroatoms. The monoisotopic (exact) mass is 262 g/mol. The summed E-state index contributed by atoms with van der Waals surface area (Å²) in [4.78, 5) is 21.8. The molecule has 4 nitrogen and oxygen atoms in total. The SMILES string of the molecule is C=Cc1ccc(C(CCOC(C)=O)OC(C)=O)cc1. The Balaban J connectivity index is 2.73. The van der Waals surface area contributed by atoms with Gasteiger partial charge in [-0.25, -0.2) is 0 Å². The first-order valence-electron chi connectivity index (χ1n) is 6.06. The van der Waals surface area contributed by atoms with Crippen molar-refractivity contribution in [3.05, 3.63) is 42.0 Å². The number of esters is 2. The summed E-state index contributed by atoms with van der Waals surface area (Å²) in [7, 11) is 0. The molecular weight excluding hydrogens is 244 g/mol. The fraction of sp³-hybridized carbons (Fsp3) is 0.333. The fourth-order valence-corrected chi connectivity index (χ4v) is 1.65. The van der Waals surface area contributed by atoms with Crippen molar-refractivity contribution in [1.82, 2.24) is 0 Å². The average Bonchev–Trinajstić information content (AvgIpc) is 2.37. The van der Waals surface area contributed by atoms with Crippen molar-refractivity contribution in [2.45, 2.75) is 26.4 Å². The van der Waals surface area contributed by atoms with Gasteiger partial charge in [0.05, 0.1) is 6.61 Å². The van der Waals surface area contributed by atoms with E-state index in [0.717, 1.165) is 11.1 Å². The van der Waals surface area contributed by atoms with Gasteiger partial charge in [0.1, 0.15) is 6.10 Å². The van der Waals surface area contributed by atoms with Gasteiger partial charge >= 0.3 is 11.9 Å². The van der Waals surface area contributed by atoms with Crippen LogP contribution < -0.4 is 0 Å². The minimum absolute atomic E-state index is 0.219. The molecule has 0 fully saturated rings. The van der Waals surface area contributed by atoms with E-state index in [4.69, 9.17) is 9.47 Å². The van der Waals surface area contributed by atoms with Gasteiger partial charge in [0.25, 0.3) is 0 Å². The molecule has 0 N–H and O–H groups in total. The maximum Gasteiger partial charge on any atom is 0.303 e. The van der Waals surface area contributed by atoms with Gasteiger partial charge in [-0.1, -0.05) is 36.9 Å². The molecule has 1 unspecified atom stereocenters. The standard InChI is InChI=1S/C15H18O4/c1-4-13-5-7-14(8-6-13)15(19-12(3)17)9-10-18-11(2)16/h4-8,15H,1,9-10H2,2-3H3. The minimum atomic E-state index is -0.407. The summed E-state index contributed by atoms with van der Waals surface area (Å²) in [5.74, 6) is -0.704. The lowest BCUT2D eigenvalue weighted by molar-refractivity contribution is -0.149. The molecule has 0 aliphatic rings. The zero-order valence-corrected chi connectivity index (χ0v) is 11.2. The van der Waals surface area contributed by atoms with Crippen LogP contribution in [0.3, 0.4) is 0 Å². The second-order valence-corrected chi connectivity index (χ2v) is 4.10. The van der Waals surface area contributed by atoms with Gasteiger partial charge in [-0.2, -0.15) is 0 Å². The Bertz CT molecular complexity index is 448. The fourth-order valence-electron chi connectivity index (χ4n) is 1.65. The van der Waals surface area contributed by atoms with E-state index in [1.165, 1.54) is 13.8 Å². The second-order valence-electron chi connectivity index (χ2n) is 4.10. The van der Waals surface area contributed by atoms with Gasteiger partial charge in [0.2, 0.25) is 0 Å². The van der Waals surface area contributed by atoms with Crippen LogP contribution in [0.5, 0.6) is 0 Å². The van der Waals surface area contributed by atoms with E-state index in [2.05, 4.69) is 6.58 Å². The normalized spacial score (nSPS) is 11.5. The van der Waals surface area contributed by atoms with Crippen molar-refractivity contribution in [2.24, 2.45) is 0 Å². The van der Waals surface area contributed by atoms with E-state index in [1.54, 1.807) is 6.08 Å². The largest absolute Gasteiger partial charge is 0.466 e. The third kappa shape index (κ3) is 5.38. The first-order chi connectivity index (χ1) is 9.02. The van der Waals surface area contributed by atoms with Crippen molar-refractivity contribution < 1.29 is 19.1 Å². The van der Waals surface area contributed by atoms with Crippen molar-refractivity contribution in [3.8, 4) is 0 Å². The molecular formula is C15H18O4. The lowest BCUT2D eigenvalue weighted by Crippen LogP contribution is -2.12. The molecule has 0 amide bonds. The second kappa shape index (κ2) is 7.36. The van der Waals surface area contributed by atoms with Crippen molar-refractivity contribution in [1.29, 1.82) is 0 Å². The van der Waals surface area contributed by atoms with Gasteiger partial charge in [0, 0.05) is 20.3 Å².